The molecule has 2 heterocycles. The topological polar surface area (TPSA) is 95.4 Å². The lowest BCUT2D eigenvalue weighted by Crippen LogP contribution is -2.34. The molecule has 1 aliphatic rings. The maximum absolute atomic E-state index is 13.3. The number of benzene rings is 1. The highest BCUT2D eigenvalue weighted by Gasteiger charge is 2.43. The lowest BCUT2D eigenvalue weighted by molar-refractivity contribution is -0.228. The second-order valence-electron chi connectivity index (χ2n) is 8.37. The van der Waals surface area contributed by atoms with Gasteiger partial charge in [-0.05, 0) is 44.5 Å². The van der Waals surface area contributed by atoms with Crippen molar-refractivity contribution in [3.8, 4) is 0 Å². The third-order valence-electron chi connectivity index (χ3n) is 5.49. The Labute approximate surface area is 201 Å². The van der Waals surface area contributed by atoms with Gasteiger partial charge in [-0.25, -0.2) is 14.0 Å². The Kier molecular flexibility index (Phi) is 7.49. The molecular formula is C22H26ClF3N4O3S. The van der Waals surface area contributed by atoms with Gasteiger partial charge in [0.25, 0.3) is 5.91 Å². The number of nitrogens with zero attached hydrogens (tertiary/aromatic N) is 2. The van der Waals surface area contributed by atoms with E-state index in [2.05, 4.69) is 10.3 Å². The van der Waals surface area contributed by atoms with Gasteiger partial charge in [0.15, 0.2) is 6.10 Å². The van der Waals surface area contributed by atoms with Crippen molar-refractivity contribution in [1.82, 2.24) is 4.98 Å². The van der Waals surface area contributed by atoms with Crippen LogP contribution in [0, 0.1) is 18.6 Å². The number of nitrogens with one attached hydrogen (secondary N) is 2. The number of hydrogen-bond donors (Lipinski definition) is 2. The smallest absolute Gasteiger partial charge is 0.364 e. The number of pyridine rings is 1. The first-order chi connectivity index (χ1) is 15.7. The molecule has 1 aromatic heterocycles. The lowest BCUT2D eigenvalue weighted by Gasteiger charge is -2.27. The molecule has 3 atom stereocenters. The van der Waals surface area contributed by atoms with Crippen LogP contribution in [0.15, 0.2) is 29.2 Å². The average molecular weight is 519 g/mol. The van der Waals surface area contributed by atoms with Crippen LogP contribution in [-0.2, 0) is 14.5 Å². The Morgan fingerprint density at radius 1 is 1.35 bits per heavy atom. The Bertz CT molecular complexity index is 1200. The van der Waals surface area contributed by atoms with Gasteiger partial charge in [0.1, 0.15) is 5.82 Å². The number of carbonyl (C=O) groups is 1. The molecule has 1 unspecified atom stereocenters. The average Bonchev–Trinajstić information content (AvgIpc) is 2.92. The van der Waals surface area contributed by atoms with Gasteiger partial charge < -0.3 is 15.0 Å². The van der Waals surface area contributed by atoms with Crippen molar-refractivity contribution >= 4 is 38.7 Å². The minimum atomic E-state index is -4.50. The fourth-order valence-electron chi connectivity index (χ4n) is 3.82. The molecule has 2 aromatic rings. The van der Waals surface area contributed by atoms with Crippen LogP contribution in [0.3, 0.4) is 0 Å². The molecule has 12 heteroatoms. The highest BCUT2D eigenvalue weighted by Crippen LogP contribution is 2.34. The number of anilines is 2. The van der Waals surface area contributed by atoms with Crippen molar-refractivity contribution in [2.75, 3.05) is 29.6 Å². The van der Waals surface area contributed by atoms with Gasteiger partial charge in [-0.1, -0.05) is 17.7 Å². The van der Waals surface area contributed by atoms with Crippen LogP contribution < -0.4 is 10.2 Å². The number of halogens is 4. The number of amides is 1. The summed E-state index contributed by atoms with van der Waals surface area (Å²) >= 11 is 6.37. The Morgan fingerprint density at radius 3 is 2.65 bits per heavy atom. The zero-order valence-electron chi connectivity index (χ0n) is 19.1. The van der Waals surface area contributed by atoms with Gasteiger partial charge in [0.2, 0.25) is 0 Å². The van der Waals surface area contributed by atoms with E-state index in [4.69, 9.17) is 21.1 Å². The minimum Gasteiger partial charge on any atom is -0.364 e. The van der Waals surface area contributed by atoms with Crippen LogP contribution >= 0.6 is 11.6 Å². The van der Waals surface area contributed by atoms with Crippen molar-refractivity contribution in [2.24, 2.45) is 0 Å². The summed E-state index contributed by atoms with van der Waals surface area (Å²) < 4.78 is 64.9. The molecule has 1 aromatic carbocycles. The first-order valence-electron chi connectivity index (χ1n) is 10.5. The van der Waals surface area contributed by atoms with Crippen LogP contribution in [0.5, 0.6) is 0 Å². The number of hydrogen-bond acceptors (Lipinski definition) is 6. The van der Waals surface area contributed by atoms with Crippen molar-refractivity contribution in [3.63, 3.8) is 0 Å². The van der Waals surface area contributed by atoms with E-state index in [0.717, 1.165) is 0 Å². The summed E-state index contributed by atoms with van der Waals surface area (Å²) in [6.45, 7) is 4.93. The molecule has 1 amide bonds. The molecule has 34 heavy (non-hydrogen) atoms. The third-order valence-corrected chi connectivity index (χ3v) is 7.20. The van der Waals surface area contributed by atoms with Crippen LogP contribution in [0.2, 0.25) is 5.02 Å². The maximum Gasteiger partial charge on any atom is 0.414 e. The predicted octanol–water partition coefficient (Wildman–Crippen LogP) is 5.19. The molecule has 0 radical (unpaired) electrons. The SMILES string of the molecule is Cc1nc(N2CC[C@H](C(F)(F)F)O[C@@H](C)C2)c(C(=O)Nc2cccc(S(C)(=N)=O)c2)c(C)c1Cl. The molecule has 186 valence electrons. The van der Waals surface area contributed by atoms with E-state index in [-0.39, 0.29) is 40.8 Å². The zero-order valence-corrected chi connectivity index (χ0v) is 20.7. The fourth-order valence-corrected chi connectivity index (χ4v) is 4.65. The Morgan fingerprint density at radius 2 is 2.03 bits per heavy atom. The minimum absolute atomic E-state index is 0.0193. The summed E-state index contributed by atoms with van der Waals surface area (Å²) in [6, 6.07) is 6.13. The Hall–Kier alpha value is -2.37. The zero-order chi connectivity index (χ0) is 25.4. The molecule has 3 rings (SSSR count). The van der Waals surface area contributed by atoms with Crippen LogP contribution in [0.1, 0.15) is 35.0 Å². The predicted molar refractivity (Wildman–Crippen MR) is 125 cm³/mol. The van der Waals surface area contributed by atoms with Crippen LogP contribution in [-0.4, -0.2) is 52.8 Å². The molecule has 7 nitrogen and oxygen atoms in total. The maximum atomic E-state index is 13.3. The van der Waals surface area contributed by atoms with Gasteiger partial charge in [-0.15, -0.1) is 0 Å². The van der Waals surface area contributed by atoms with Gasteiger partial charge in [0.05, 0.1) is 32.1 Å². The van der Waals surface area contributed by atoms with Gasteiger partial charge in [-0.2, -0.15) is 13.2 Å². The Balaban J connectivity index is 2.00. The van der Waals surface area contributed by atoms with E-state index in [0.29, 0.717) is 16.9 Å². The van der Waals surface area contributed by atoms with E-state index in [1.54, 1.807) is 37.8 Å². The van der Waals surface area contributed by atoms with Crippen molar-refractivity contribution < 1.29 is 26.9 Å². The highest BCUT2D eigenvalue weighted by molar-refractivity contribution is 7.91. The number of alkyl halides is 3. The van der Waals surface area contributed by atoms with Crippen LogP contribution in [0.25, 0.3) is 0 Å². The standard InChI is InChI=1S/C22H26ClF3N4O3S/c1-12-11-30(9-8-17(33-12)22(24,25)26)20-18(13(2)19(23)14(3)28-20)21(31)29-15-6-5-7-16(10-15)34(4,27)32/h5-7,10,12,17,27H,8-9,11H2,1-4H3,(H,29,31)/t12-,17+,34?/m0/s1. The first kappa shape index (κ1) is 26.2. The molecule has 0 bridgehead atoms. The monoisotopic (exact) mass is 518 g/mol. The molecule has 0 spiro atoms. The summed E-state index contributed by atoms with van der Waals surface area (Å²) in [6.07, 6.45) is -6.19. The quantitative estimate of drug-likeness (QED) is 0.581. The molecule has 2 N–H and O–H groups in total. The summed E-state index contributed by atoms with van der Waals surface area (Å²) in [4.78, 5) is 19.7. The van der Waals surface area contributed by atoms with Gasteiger partial charge >= 0.3 is 6.18 Å². The van der Waals surface area contributed by atoms with Crippen molar-refractivity contribution in [2.45, 2.75) is 50.5 Å². The molecular weight excluding hydrogens is 493 g/mol. The highest BCUT2D eigenvalue weighted by atomic mass is 35.5. The normalized spacial score (nSPS) is 21.0. The second kappa shape index (κ2) is 9.71. The third kappa shape index (κ3) is 5.81. The van der Waals surface area contributed by atoms with Crippen molar-refractivity contribution in [3.05, 3.63) is 46.1 Å². The lowest BCUT2D eigenvalue weighted by atomic mass is 10.1. The molecule has 1 aliphatic heterocycles. The number of aromatic nitrogens is 1. The van der Waals surface area contributed by atoms with Crippen LogP contribution in [0.4, 0.5) is 24.7 Å². The fraction of sp³-hybridized carbons (Fsp3) is 0.455. The summed E-state index contributed by atoms with van der Waals surface area (Å²) in [5.74, 6) is -0.358. The summed E-state index contributed by atoms with van der Waals surface area (Å²) in [7, 11) is -3.00. The van der Waals surface area contributed by atoms with Gasteiger partial charge in [0, 0.05) is 36.3 Å². The van der Waals surface area contributed by atoms with E-state index < -0.39 is 34.0 Å². The van der Waals surface area contributed by atoms with Gasteiger partial charge in [-0.3, -0.25) is 4.79 Å². The molecule has 0 saturated carbocycles. The van der Waals surface area contributed by atoms with E-state index >= 15 is 0 Å². The number of ether oxygens (including phenoxy) is 1. The number of rotatable bonds is 4. The number of aryl methyl sites for hydroxylation is 1. The number of carbonyl (C=O) groups excluding carboxylic acids is 1. The molecule has 0 aliphatic carbocycles. The van der Waals surface area contributed by atoms with E-state index in [1.807, 2.05) is 0 Å². The second-order valence-corrected chi connectivity index (χ2v) is 10.9. The summed E-state index contributed by atoms with van der Waals surface area (Å²) in [5.41, 5.74) is 1.32. The van der Waals surface area contributed by atoms with Crippen molar-refractivity contribution in [1.29, 1.82) is 4.78 Å². The molecule has 1 saturated heterocycles. The van der Waals surface area contributed by atoms with E-state index in [1.165, 1.54) is 18.4 Å². The first-order valence-corrected chi connectivity index (χ1v) is 12.8. The molecule has 1 fully saturated rings. The van der Waals surface area contributed by atoms with E-state index in [9.17, 15) is 22.2 Å². The summed E-state index contributed by atoms with van der Waals surface area (Å²) in [5, 5.41) is 2.99. The largest absolute Gasteiger partial charge is 0.414 e.